The zero-order chi connectivity index (χ0) is 17.7. The number of benzene rings is 1. The molecule has 1 aliphatic heterocycles. The van der Waals surface area contributed by atoms with E-state index in [4.69, 9.17) is 9.47 Å². The Labute approximate surface area is 141 Å². The van der Waals surface area contributed by atoms with Crippen LogP contribution in [0.15, 0.2) is 12.1 Å². The van der Waals surface area contributed by atoms with Crippen LogP contribution in [-0.4, -0.2) is 68.3 Å². The minimum absolute atomic E-state index is 0.102. The molecule has 1 amide bonds. The molecular weight excluding hydrogens is 318 g/mol. The Bertz CT molecular complexity index is 575. The normalized spacial score (nSPS) is 17.0. The van der Waals surface area contributed by atoms with Crippen LogP contribution in [0.25, 0.3) is 0 Å². The second kappa shape index (κ2) is 8.39. The van der Waals surface area contributed by atoms with E-state index >= 15 is 0 Å². The van der Waals surface area contributed by atoms with Gasteiger partial charge in [-0.25, -0.2) is 8.78 Å². The summed E-state index contributed by atoms with van der Waals surface area (Å²) in [6, 6.07) is 2.51. The van der Waals surface area contributed by atoms with Crippen molar-refractivity contribution in [1.82, 2.24) is 9.80 Å². The molecule has 0 unspecified atom stereocenters. The molecule has 2 rings (SSSR count). The van der Waals surface area contributed by atoms with Gasteiger partial charge < -0.3 is 14.4 Å². The first-order valence-corrected chi connectivity index (χ1v) is 8.12. The summed E-state index contributed by atoms with van der Waals surface area (Å²) in [5.41, 5.74) is -0.542. The predicted molar refractivity (Wildman–Crippen MR) is 86.3 cm³/mol. The summed E-state index contributed by atoms with van der Waals surface area (Å²) >= 11 is 0. The number of carbonyl (C=O) groups excluding carboxylic acids is 1. The summed E-state index contributed by atoms with van der Waals surface area (Å²) in [6.07, 6.45) is 0. The van der Waals surface area contributed by atoms with Crippen molar-refractivity contribution < 1.29 is 23.0 Å². The minimum Gasteiger partial charge on any atom is -0.491 e. The number of amides is 1. The first-order valence-electron chi connectivity index (χ1n) is 8.12. The summed E-state index contributed by atoms with van der Waals surface area (Å²) < 4.78 is 38.6. The molecule has 5 nitrogen and oxygen atoms in total. The van der Waals surface area contributed by atoms with Crippen LogP contribution in [0.1, 0.15) is 24.2 Å². The molecule has 1 aliphatic rings. The third-order valence-electron chi connectivity index (χ3n) is 4.20. The Kier molecular flexibility index (Phi) is 6.51. The van der Waals surface area contributed by atoms with E-state index in [1.165, 1.54) is 11.0 Å². The fourth-order valence-corrected chi connectivity index (χ4v) is 2.87. The first-order chi connectivity index (χ1) is 11.5. The summed E-state index contributed by atoms with van der Waals surface area (Å²) in [7, 11) is 1.65. The quantitative estimate of drug-likeness (QED) is 0.794. The van der Waals surface area contributed by atoms with Crippen molar-refractivity contribution in [3.8, 4) is 5.75 Å². The number of piperazine rings is 1. The van der Waals surface area contributed by atoms with Crippen molar-refractivity contribution in [2.24, 2.45) is 0 Å². The fraction of sp³-hybridized carbons (Fsp3) is 0.588. The van der Waals surface area contributed by atoms with Gasteiger partial charge in [0, 0.05) is 39.3 Å². The predicted octanol–water partition coefficient (Wildman–Crippen LogP) is 2.16. The zero-order valence-electron chi connectivity index (χ0n) is 14.3. The maximum absolute atomic E-state index is 14.4. The van der Waals surface area contributed by atoms with Gasteiger partial charge >= 0.3 is 0 Å². The van der Waals surface area contributed by atoms with Crippen molar-refractivity contribution >= 4 is 5.91 Å². The lowest BCUT2D eigenvalue weighted by Gasteiger charge is -2.37. The second-order valence-corrected chi connectivity index (χ2v) is 5.80. The van der Waals surface area contributed by atoms with E-state index in [0.29, 0.717) is 32.8 Å². The number of halogens is 2. The lowest BCUT2D eigenvalue weighted by atomic mass is 10.1. The van der Waals surface area contributed by atoms with Crippen LogP contribution in [0.4, 0.5) is 8.78 Å². The summed E-state index contributed by atoms with van der Waals surface area (Å²) in [6.45, 7) is 6.72. The zero-order valence-corrected chi connectivity index (χ0v) is 14.3. The number of rotatable bonds is 6. The highest BCUT2D eigenvalue weighted by atomic mass is 19.1. The maximum atomic E-state index is 14.4. The molecule has 1 aromatic carbocycles. The van der Waals surface area contributed by atoms with E-state index in [1.54, 1.807) is 14.0 Å². The molecule has 0 aromatic heterocycles. The largest absolute Gasteiger partial charge is 0.491 e. The van der Waals surface area contributed by atoms with Gasteiger partial charge in [-0.3, -0.25) is 9.69 Å². The fourth-order valence-electron chi connectivity index (χ4n) is 2.87. The van der Waals surface area contributed by atoms with Crippen molar-refractivity contribution in [2.45, 2.75) is 19.9 Å². The van der Waals surface area contributed by atoms with Crippen LogP contribution < -0.4 is 4.74 Å². The van der Waals surface area contributed by atoms with Gasteiger partial charge in [0.05, 0.1) is 13.2 Å². The van der Waals surface area contributed by atoms with Crippen molar-refractivity contribution in [3.05, 3.63) is 29.3 Å². The average molecular weight is 342 g/mol. The van der Waals surface area contributed by atoms with Crippen LogP contribution in [0.2, 0.25) is 0 Å². The Morgan fingerprint density at radius 3 is 2.50 bits per heavy atom. The van der Waals surface area contributed by atoms with Gasteiger partial charge in [0.2, 0.25) is 0 Å². The standard InChI is InChI=1S/C17H24F2N2O3/c1-4-24-14-6-5-13(18)15(16(14)19)17(22)21-9-7-20(8-10-21)12(2)11-23-3/h5-6,12H,4,7-11H2,1-3H3/t12-/m1/s1. The van der Waals surface area contributed by atoms with Crippen LogP contribution >= 0.6 is 0 Å². The monoisotopic (exact) mass is 342 g/mol. The smallest absolute Gasteiger partial charge is 0.260 e. The van der Waals surface area contributed by atoms with Gasteiger partial charge in [0.15, 0.2) is 11.6 Å². The first kappa shape index (κ1) is 18.6. The van der Waals surface area contributed by atoms with Crippen LogP contribution in [-0.2, 0) is 4.74 Å². The molecule has 1 aromatic rings. The topological polar surface area (TPSA) is 42.0 Å². The maximum Gasteiger partial charge on any atom is 0.260 e. The molecule has 7 heteroatoms. The van der Waals surface area contributed by atoms with Gasteiger partial charge in [-0.15, -0.1) is 0 Å². The van der Waals surface area contributed by atoms with Crippen molar-refractivity contribution in [2.75, 3.05) is 46.5 Å². The van der Waals surface area contributed by atoms with Gasteiger partial charge in [-0.1, -0.05) is 0 Å². The average Bonchev–Trinajstić information content (AvgIpc) is 2.58. The third kappa shape index (κ3) is 4.02. The lowest BCUT2D eigenvalue weighted by molar-refractivity contribution is 0.0442. The van der Waals surface area contributed by atoms with Gasteiger partial charge in [0.25, 0.3) is 5.91 Å². The molecule has 0 spiro atoms. The number of carbonyl (C=O) groups is 1. The minimum atomic E-state index is -0.933. The van der Waals surface area contributed by atoms with Crippen molar-refractivity contribution in [1.29, 1.82) is 0 Å². The number of nitrogens with zero attached hydrogens (tertiary/aromatic N) is 2. The Hall–Kier alpha value is -1.73. The molecule has 1 atom stereocenters. The summed E-state index contributed by atoms with van der Waals surface area (Å²) in [4.78, 5) is 16.2. The molecule has 0 aliphatic carbocycles. The molecule has 0 radical (unpaired) electrons. The molecule has 0 saturated carbocycles. The Balaban J connectivity index is 2.09. The number of hydrogen-bond acceptors (Lipinski definition) is 4. The van der Waals surface area contributed by atoms with Gasteiger partial charge in [-0.05, 0) is 26.0 Å². The molecule has 1 fully saturated rings. The van der Waals surface area contributed by atoms with Crippen LogP contribution in [0, 0.1) is 11.6 Å². The van der Waals surface area contributed by atoms with E-state index in [9.17, 15) is 13.6 Å². The van der Waals surface area contributed by atoms with Gasteiger partial charge in [0.1, 0.15) is 11.4 Å². The SMILES string of the molecule is CCOc1ccc(F)c(C(=O)N2CCN([C@H](C)COC)CC2)c1F. The molecule has 24 heavy (non-hydrogen) atoms. The van der Waals surface area contributed by atoms with Crippen molar-refractivity contribution in [3.63, 3.8) is 0 Å². The molecule has 0 N–H and O–H groups in total. The number of ether oxygens (including phenoxy) is 2. The number of hydrogen-bond donors (Lipinski definition) is 0. The van der Waals surface area contributed by atoms with E-state index < -0.39 is 23.1 Å². The number of methoxy groups -OCH3 is 1. The highest BCUT2D eigenvalue weighted by Crippen LogP contribution is 2.25. The molecule has 1 saturated heterocycles. The third-order valence-corrected chi connectivity index (χ3v) is 4.20. The van der Waals surface area contributed by atoms with Crippen LogP contribution in [0.5, 0.6) is 5.75 Å². The Morgan fingerprint density at radius 1 is 1.25 bits per heavy atom. The lowest BCUT2D eigenvalue weighted by Crippen LogP contribution is -2.52. The van der Waals surface area contributed by atoms with E-state index in [2.05, 4.69) is 4.90 Å². The second-order valence-electron chi connectivity index (χ2n) is 5.80. The van der Waals surface area contributed by atoms with Crippen LogP contribution in [0.3, 0.4) is 0 Å². The molecule has 134 valence electrons. The summed E-state index contributed by atoms with van der Waals surface area (Å²) in [5, 5.41) is 0. The van der Waals surface area contributed by atoms with E-state index in [1.807, 2.05) is 6.92 Å². The molecule has 1 heterocycles. The van der Waals surface area contributed by atoms with E-state index in [-0.39, 0.29) is 18.4 Å². The Morgan fingerprint density at radius 2 is 1.92 bits per heavy atom. The summed E-state index contributed by atoms with van der Waals surface area (Å²) in [5.74, 6) is -2.53. The van der Waals surface area contributed by atoms with E-state index in [0.717, 1.165) is 6.07 Å². The molecule has 0 bridgehead atoms. The molecular formula is C17H24F2N2O3. The highest BCUT2D eigenvalue weighted by molar-refractivity contribution is 5.95. The highest BCUT2D eigenvalue weighted by Gasteiger charge is 2.29. The van der Waals surface area contributed by atoms with Gasteiger partial charge in [-0.2, -0.15) is 0 Å².